The second-order valence-electron chi connectivity index (χ2n) is 6.00. The first-order chi connectivity index (χ1) is 10.9. The Balaban J connectivity index is 1.73. The predicted octanol–water partition coefficient (Wildman–Crippen LogP) is 5.75. The van der Waals surface area contributed by atoms with Crippen molar-refractivity contribution in [3.05, 3.63) is 95.6 Å². The van der Waals surface area contributed by atoms with Crippen molar-refractivity contribution < 1.29 is 17.9 Å². The Labute approximate surface area is 138 Å². The van der Waals surface area contributed by atoms with Crippen LogP contribution in [0.3, 0.4) is 0 Å². The molecule has 0 amide bonds. The van der Waals surface area contributed by atoms with E-state index in [9.17, 15) is 0 Å². The van der Waals surface area contributed by atoms with Crippen molar-refractivity contribution in [3.8, 4) is 0 Å². The Hall–Kier alpha value is -1.63. The van der Waals surface area contributed by atoms with E-state index < -0.39 is 17.9 Å². The van der Waals surface area contributed by atoms with Crippen molar-refractivity contribution in [1.82, 2.24) is 0 Å². The summed E-state index contributed by atoms with van der Waals surface area (Å²) in [5.74, 6) is 0. The standard InChI is InChI=1S/2C9H7.C3H5.Ti/c2*1-2-5-9-7-3-6-8(9)4-1;1-3-2;/h2*1-7H;3H,1-2H2;. The van der Waals surface area contributed by atoms with Gasteiger partial charge in [-0.15, -0.1) is 0 Å². The second-order valence-corrected chi connectivity index (χ2v) is 10.4. The molecule has 2 unspecified atom stereocenters. The van der Waals surface area contributed by atoms with Gasteiger partial charge in [0.05, 0.1) is 0 Å². The Kier molecular flexibility index (Phi) is 3.74. The molecule has 4 rings (SSSR count). The predicted molar refractivity (Wildman–Crippen MR) is 91.4 cm³/mol. The molecule has 0 aromatic heterocycles. The molecule has 0 radical (unpaired) electrons. The summed E-state index contributed by atoms with van der Waals surface area (Å²) >= 11 is -1.43. The van der Waals surface area contributed by atoms with Crippen LogP contribution < -0.4 is 0 Å². The molecule has 0 saturated heterocycles. The van der Waals surface area contributed by atoms with Crippen molar-refractivity contribution in [3.63, 3.8) is 0 Å². The van der Waals surface area contributed by atoms with Gasteiger partial charge in [-0.05, 0) is 0 Å². The molecule has 1 heteroatoms. The van der Waals surface area contributed by atoms with Crippen LogP contribution in [0.5, 0.6) is 0 Å². The quantitative estimate of drug-likeness (QED) is 0.497. The summed E-state index contributed by atoms with van der Waals surface area (Å²) in [6.45, 7) is 4.05. The summed E-state index contributed by atoms with van der Waals surface area (Å²) in [6.07, 6.45) is 11.7. The normalized spacial score (nSPS) is 20.7. The zero-order valence-electron chi connectivity index (χ0n) is 12.6. The van der Waals surface area contributed by atoms with Crippen LogP contribution in [0.25, 0.3) is 12.2 Å². The van der Waals surface area contributed by atoms with Gasteiger partial charge in [0.15, 0.2) is 0 Å². The maximum atomic E-state index is 4.05. The van der Waals surface area contributed by atoms with Gasteiger partial charge in [0.1, 0.15) is 0 Å². The summed E-state index contributed by atoms with van der Waals surface area (Å²) in [5.41, 5.74) is 5.91. The number of rotatable bonds is 4. The van der Waals surface area contributed by atoms with E-state index in [0.29, 0.717) is 8.45 Å². The van der Waals surface area contributed by atoms with Crippen LogP contribution in [0.4, 0.5) is 0 Å². The summed E-state index contributed by atoms with van der Waals surface area (Å²) in [7, 11) is 0. The average molecular weight is 319 g/mol. The molecular weight excluding hydrogens is 300 g/mol. The Morgan fingerprint density at radius 3 is 1.82 bits per heavy atom. The van der Waals surface area contributed by atoms with E-state index >= 15 is 0 Å². The van der Waals surface area contributed by atoms with Gasteiger partial charge < -0.3 is 0 Å². The third-order valence-corrected chi connectivity index (χ3v) is 10.0. The van der Waals surface area contributed by atoms with Gasteiger partial charge in [-0.25, -0.2) is 0 Å². The van der Waals surface area contributed by atoms with Crippen LogP contribution in [0, 0.1) is 0 Å². The Bertz CT molecular complexity index is 707. The van der Waals surface area contributed by atoms with E-state index in [-0.39, 0.29) is 0 Å². The van der Waals surface area contributed by atoms with Crippen molar-refractivity contribution in [1.29, 1.82) is 0 Å². The molecule has 0 heterocycles. The molecular formula is C21H19Ti. The minimum atomic E-state index is -1.43. The first kappa shape index (κ1) is 14.0. The van der Waals surface area contributed by atoms with E-state index in [0.717, 1.165) is 0 Å². The molecule has 2 aliphatic rings. The first-order valence-electron chi connectivity index (χ1n) is 7.89. The number of benzene rings is 2. The summed E-state index contributed by atoms with van der Waals surface area (Å²) < 4.78 is 2.50. The second kappa shape index (κ2) is 5.87. The molecule has 0 N–H and O–H groups in total. The molecule has 2 aliphatic carbocycles. The molecule has 0 saturated carbocycles. The van der Waals surface area contributed by atoms with Crippen LogP contribution in [0.15, 0.2) is 73.3 Å². The molecule has 22 heavy (non-hydrogen) atoms. The Morgan fingerprint density at radius 2 is 1.32 bits per heavy atom. The number of allylic oxidation sites excluding steroid dienone is 3. The van der Waals surface area contributed by atoms with Gasteiger partial charge in [-0.3, -0.25) is 0 Å². The molecule has 2 aromatic carbocycles. The van der Waals surface area contributed by atoms with Crippen molar-refractivity contribution in [2.45, 2.75) is 13.2 Å². The fourth-order valence-electron chi connectivity index (χ4n) is 3.76. The third kappa shape index (κ3) is 2.28. The van der Waals surface area contributed by atoms with E-state index in [2.05, 4.69) is 85.5 Å². The average Bonchev–Trinajstić information content (AvgIpc) is 3.17. The van der Waals surface area contributed by atoms with Crippen LogP contribution in [-0.2, 0) is 17.9 Å². The fourth-order valence-corrected chi connectivity index (χ4v) is 8.82. The third-order valence-electron chi connectivity index (χ3n) is 4.78. The SMILES string of the molecule is C=C[CH2][Ti]([CH]1C=Cc2ccccc21)[CH]1C=Cc2ccccc21. The number of hydrogen-bond acceptors (Lipinski definition) is 0. The topological polar surface area (TPSA) is 0 Å². The molecule has 2 atom stereocenters. The summed E-state index contributed by atoms with van der Waals surface area (Å²) in [6, 6.07) is 17.8. The van der Waals surface area contributed by atoms with Gasteiger partial charge in [-0.1, -0.05) is 0 Å². The minimum absolute atomic E-state index is 0.648. The molecule has 0 fully saturated rings. The Morgan fingerprint density at radius 1 is 0.818 bits per heavy atom. The molecule has 0 aliphatic heterocycles. The van der Waals surface area contributed by atoms with Gasteiger partial charge in [-0.2, -0.15) is 0 Å². The number of hydrogen-bond donors (Lipinski definition) is 0. The summed E-state index contributed by atoms with van der Waals surface area (Å²) in [5, 5.41) is 0. The van der Waals surface area contributed by atoms with Crippen molar-refractivity contribution >= 4 is 12.2 Å². The maximum absolute atomic E-state index is 4.05. The van der Waals surface area contributed by atoms with Gasteiger partial charge >= 0.3 is 139 Å². The molecule has 0 nitrogen and oxygen atoms in total. The van der Waals surface area contributed by atoms with Crippen LogP contribution in [0.1, 0.15) is 30.7 Å². The monoisotopic (exact) mass is 319 g/mol. The van der Waals surface area contributed by atoms with Crippen molar-refractivity contribution in [2.75, 3.05) is 0 Å². The van der Waals surface area contributed by atoms with Crippen LogP contribution in [-0.4, -0.2) is 0 Å². The van der Waals surface area contributed by atoms with Crippen LogP contribution in [0.2, 0.25) is 4.73 Å². The molecule has 2 aromatic rings. The van der Waals surface area contributed by atoms with Crippen LogP contribution >= 0.6 is 0 Å². The molecule has 107 valence electrons. The van der Waals surface area contributed by atoms with Gasteiger partial charge in [0.2, 0.25) is 0 Å². The van der Waals surface area contributed by atoms with Gasteiger partial charge in [0, 0.05) is 0 Å². The van der Waals surface area contributed by atoms with E-state index in [1.807, 2.05) is 0 Å². The first-order valence-corrected chi connectivity index (χ1v) is 10.8. The van der Waals surface area contributed by atoms with Crippen molar-refractivity contribution in [2.24, 2.45) is 0 Å². The van der Waals surface area contributed by atoms with E-state index in [1.165, 1.54) is 27.0 Å². The molecule has 0 spiro atoms. The zero-order chi connectivity index (χ0) is 14.9. The number of fused-ring (bicyclic) bond motifs is 2. The molecule has 0 bridgehead atoms. The van der Waals surface area contributed by atoms with Gasteiger partial charge in [0.25, 0.3) is 0 Å². The van der Waals surface area contributed by atoms with E-state index in [4.69, 9.17) is 0 Å². The fraction of sp³-hybridized carbons (Fsp3) is 0.143. The van der Waals surface area contributed by atoms with E-state index in [1.54, 1.807) is 0 Å². The summed E-state index contributed by atoms with van der Waals surface area (Å²) in [4.78, 5) is 0. The zero-order valence-corrected chi connectivity index (χ0v) is 14.1.